The maximum atomic E-state index is 12.9. The lowest BCUT2D eigenvalue weighted by atomic mass is 10.0. The van der Waals surface area contributed by atoms with Crippen LogP contribution >= 0.6 is 0 Å². The zero-order valence-corrected chi connectivity index (χ0v) is 17.1. The molecule has 3 aromatic rings. The first-order valence-corrected chi connectivity index (χ1v) is 9.72. The molecule has 1 amide bonds. The second-order valence-corrected chi connectivity index (χ2v) is 6.78. The Morgan fingerprint density at radius 1 is 0.903 bits per heavy atom. The summed E-state index contributed by atoms with van der Waals surface area (Å²) in [5, 5.41) is 4.08. The Kier molecular flexibility index (Phi) is 6.03. The van der Waals surface area contributed by atoms with Gasteiger partial charge in [0.1, 0.15) is 0 Å². The maximum absolute atomic E-state index is 12.9. The number of benzene rings is 3. The molecule has 0 fully saturated rings. The van der Waals surface area contributed by atoms with Gasteiger partial charge in [-0.25, -0.2) is 5.43 Å². The van der Waals surface area contributed by atoms with Gasteiger partial charge in [-0.15, -0.1) is 0 Å². The molecule has 1 aliphatic rings. The monoisotopic (exact) mass is 418 g/mol. The Labute approximate surface area is 180 Å². The number of para-hydroxylation sites is 2. The van der Waals surface area contributed by atoms with Crippen LogP contribution in [0.4, 0.5) is 0 Å². The van der Waals surface area contributed by atoms with E-state index in [1.807, 2.05) is 48.5 Å². The number of rotatable bonds is 6. The number of hydrazone groups is 1. The van der Waals surface area contributed by atoms with Crippen LogP contribution in [0.15, 0.2) is 77.9 Å². The minimum Gasteiger partial charge on any atom is -0.493 e. The Bertz CT molecular complexity index is 1080. The summed E-state index contributed by atoms with van der Waals surface area (Å²) in [5.74, 6) is 1.87. The van der Waals surface area contributed by atoms with Crippen molar-refractivity contribution in [2.45, 2.75) is 12.2 Å². The summed E-state index contributed by atoms with van der Waals surface area (Å²) in [6, 6.07) is 22.1. The Balaban J connectivity index is 1.52. The van der Waals surface area contributed by atoms with Crippen LogP contribution in [0.2, 0.25) is 0 Å². The molecule has 0 saturated heterocycles. The molecule has 2 atom stereocenters. The Morgan fingerprint density at radius 2 is 1.58 bits per heavy atom. The van der Waals surface area contributed by atoms with Gasteiger partial charge in [0.25, 0.3) is 5.91 Å². The highest BCUT2D eigenvalue weighted by Gasteiger charge is 2.38. The van der Waals surface area contributed by atoms with E-state index in [1.54, 1.807) is 38.5 Å². The third-order valence-corrected chi connectivity index (χ3v) is 4.81. The fraction of sp³-hybridized carbons (Fsp3) is 0.167. The summed E-state index contributed by atoms with van der Waals surface area (Å²) in [5.41, 5.74) is 4.12. The third kappa shape index (κ3) is 4.45. The van der Waals surface area contributed by atoms with Crippen LogP contribution in [0.5, 0.6) is 23.0 Å². The average molecular weight is 418 g/mol. The van der Waals surface area contributed by atoms with Crippen LogP contribution in [0.3, 0.4) is 0 Å². The summed E-state index contributed by atoms with van der Waals surface area (Å²) in [6.45, 7) is 0. The number of ether oxygens (including phenoxy) is 4. The molecule has 4 rings (SSSR count). The number of amides is 1. The molecule has 3 aromatic carbocycles. The summed E-state index contributed by atoms with van der Waals surface area (Å²) in [4.78, 5) is 12.9. The average Bonchev–Trinajstić information content (AvgIpc) is 2.83. The van der Waals surface area contributed by atoms with E-state index >= 15 is 0 Å². The highest BCUT2D eigenvalue weighted by molar-refractivity contribution is 5.86. The van der Waals surface area contributed by atoms with Gasteiger partial charge < -0.3 is 18.9 Å². The SMILES string of the molecule is COc1ccc(/C=N\NC(=O)[C@H]2Oc3ccccc3O[C@H]2c2ccccc2)cc1OC. The van der Waals surface area contributed by atoms with Crippen LogP contribution in [-0.2, 0) is 4.79 Å². The first-order valence-electron chi connectivity index (χ1n) is 9.72. The lowest BCUT2D eigenvalue weighted by Crippen LogP contribution is -2.44. The molecule has 158 valence electrons. The van der Waals surface area contributed by atoms with Gasteiger partial charge in [-0.3, -0.25) is 4.79 Å². The van der Waals surface area contributed by atoms with E-state index in [1.165, 1.54) is 6.21 Å². The minimum atomic E-state index is -0.903. The molecule has 7 heteroatoms. The van der Waals surface area contributed by atoms with Crippen LogP contribution < -0.4 is 24.4 Å². The largest absolute Gasteiger partial charge is 0.493 e. The topological polar surface area (TPSA) is 78.4 Å². The summed E-state index contributed by atoms with van der Waals surface area (Å²) in [6.07, 6.45) is 0.0156. The first kappa shape index (κ1) is 20.3. The number of methoxy groups -OCH3 is 2. The summed E-state index contributed by atoms with van der Waals surface area (Å²) < 4.78 is 22.6. The number of carbonyl (C=O) groups excluding carboxylic acids is 1. The quantitative estimate of drug-likeness (QED) is 0.487. The van der Waals surface area contributed by atoms with Crippen molar-refractivity contribution in [3.63, 3.8) is 0 Å². The molecular weight excluding hydrogens is 396 g/mol. The lowest BCUT2D eigenvalue weighted by molar-refractivity contribution is -0.134. The Hall–Kier alpha value is -4.00. The van der Waals surface area contributed by atoms with Gasteiger partial charge in [-0.05, 0) is 41.5 Å². The van der Waals surface area contributed by atoms with Crippen LogP contribution in [0, 0.1) is 0 Å². The molecule has 7 nitrogen and oxygen atoms in total. The van der Waals surface area contributed by atoms with Gasteiger partial charge in [0.15, 0.2) is 29.1 Å². The molecule has 0 spiro atoms. The van der Waals surface area contributed by atoms with Gasteiger partial charge in [-0.2, -0.15) is 5.10 Å². The Morgan fingerprint density at radius 3 is 2.29 bits per heavy atom. The number of carbonyl (C=O) groups is 1. The fourth-order valence-electron chi connectivity index (χ4n) is 3.29. The van der Waals surface area contributed by atoms with Crippen LogP contribution in [0.1, 0.15) is 17.2 Å². The van der Waals surface area contributed by atoms with Crippen LogP contribution in [0.25, 0.3) is 0 Å². The second kappa shape index (κ2) is 9.21. The number of hydrogen-bond acceptors (Lipinski definition) is 6. The molecule has 0 saturated carbocycles. The number of nitrogens with zero attached hydrogens (tertiary/aromatic N) is 1. The van der Waals surface area contributed by atoms with Gasteiger partial charge >= 0.3 is 0 Å². The van der Waals surface area contributed by atoms with Crippen molar-refractivity contribution in [2.24, 2.45) is 5.10 Å². The molecular formula is C24H22N2O5. The first-order chi connectivity index (χ1) is 15.2. The van der Waals surface area contributed by atoms with E-state index in [9.17, 15) is 4.79 Å². The lowest BCUT2D eigenvalue weighted by Gasteiger charge is -2.32. The standard InChI is InChI=1S/C24H22N2O5/c1-28-18-13-12-16(14-21(18)29-2)15-25-26-24(27)23-22(17-8-4-3-5-9-17)30-19-10-6-7-11-20(19)31-23/h3-15,22-23H,1-2H3,(H,26,27)/b25-15-/t22-,23-/m0/s1. The molecule has 1 heterocycles. The van der Waals surface area contributed by atoms with Gasteiger partial charge in [0.05, 0.1) is 20.4 Å². The zero-order valence-electron chi connectivity index (χ0n) is 17.1. The van der Waals surface area contributed by atoms with Crippen molar-refractivity contribution in [1.29, 1.82) is 0 Å². The van der Waals surface area contributed by atoms with E-state index in [2.05, 4.69) is 10.5 Å². The van der Waals surface area contributed by atoms with E-state index in [0.717, 1.165) is 11.1 Å². The number of fused-ring (bicyclic) bond motifs is 1. The van der Waals surface area contributed by atoms with Gasteiger partial charge in [0.2, 0.25) is 6.10 Å². The molecule has 1 N–H and O–H groups in total. The van der Waals surface area contributed by atoms with Gasteiger partial charge in [-0.1, -0.05) is 42.5 Å². The smallest absolute Gasteiger partial charge is 0.285 e. The van der Waals surface area contributed by atoms with Crippen molar-refractivity contribution >= 4 is 12.1 Å². The minimum absolute atomic E-state index is 0.417. The van der Waals surface area contributed by atoms with Crippen molar-refractivity contribution in [1.82, 2.24) is 5.43 Å². The third-order valence-electron chi connectivity index (χ3n) is 4.81. The molecule has 0 bridgehead atoms. The molecule has 0 aromatic heterocycles. The van der Waals surface area contributed by atoms with E-state index < -0.39 is 18.1 Å². The van der Waals surface area contributed by atoms with Crippen molar-refractivity contribution in [2.75, 3.05) is 14.2 Å². The summed E-state index contributed by atoms with van der Waals surface area (Å²) >= 11 is 0. The van der Waals surface area contributed by atoms with Crippen LogP contribution in [-0.4, -0.2) is 32.4 Å². The summed E-state index contributed by atoms with van der Waals surface area (Å²) in [7, 11) is 3.13. The van der Waals surface area contributed by atoms with Crippen molar-refractivity contribution in [3.8, 4) is 23.0 Å². The molecule has 31 heavy (non-hydrogen) atoms. The molecule has 1 aliphatic heterocycles. The fourth-order valence-corrected chi connectivity index (χ4v) is 3.29. The second-order valence-electron chi connectivity index (χ2n) is 6.78. The van der Waals surface area contributed by atoms with Crippen molar-refractivity contribution < 1.29 is 23.7 Å². The molecule has 0 aliphatic carbocycles. The van der Waals surface area contributed by atoms with Gasteiger partial charge in [0, 0.05) is 0 Å². The van der Waals surface area contributed by atoms with E-state index in [-0.39, 0.29) is 0 Å². The van der Waals surface area contributed by atoms with E-state index in [0.29, 0.717) is 23.0 Å². The van der Waals surface area contributed by atoms with E-state index in [4.69, 9.17) is 18.9 Å². The number of hydrogen-bond donors (Lipinski definition) is 1. The maximum Gasteiger partial charge on any atom is 0.285 e. The predicted molar refractivity (Wildman–Crippen MR) is 116 cm³/mol. The predicted octanol–water partition coefficient (Wildman–Crippen LogP) is 3.74. The van der Waals surface area contributed by atoms with Crippen molar-refractivity contribution in [3.05, 3.63) is 83.9 Å². The number of nitrogens with one attached hydrogen (secondary N) is 1. The molecule has 0 radical (unpaired) electrons. The highest BCUT2D eigenvalue weighted by atomic mass is 16.6. The zero-order chi connectivity index (χ0) is 21.6. The normalized spacial score (nSPS) is 17.2. The highest BCUT2D eigenvalue weighted by Crippen LogP contribution is 2.39. The molecule has 0 unspecified atom stereocenters.